The topological polar surface area (TPSA) is 94.0 Å². The summed E-state index contributed by atoms with van der Waals surface area (Å²) in [5.74, 6) is 0.389. The number of nitrogens with two attached hydrogens (primary N) is 1. The second-order valence-electron chi connectivity index (χ2n) is 5.41. The van der Waals surface area contributed by atoms with E-state index in [0.29, 0.717) is 34.8 Å². The van der Waals surface area contributed by atoms with E-state index in [2.05, 4.69) is 15.5 Å². The van der Waals surface area contributed by atoms with Crippen LogP contribution in [0.3, 0.4) is 0 Å². The van der Waals surface area contributed by atoms with E-state index in [1.807, 2.05) is 6.92 Å². The molecule has 1 aliphatic rings. The van der Waals surface area contributed by atoms with Crippen molar-refractivity contribution in [1.29, 1.82) is 0 Å². The lowest BCUT2D eigenvalue weighted by atomic mass is 10.1. The van der Waals surface area contributed by atoms with Crippen LogP contribution in [0.1, 0.15) is 34.6 Å². The van der Waals surface area contributed by atoms with Crippen molar-refractivity contribution < 1.29 is 9.32 Å². The number of hydrogen-bond donors (Lipinski definition) is 2. The Morgan fingerprint density at radius 3 is 2.95 bits per heavy atom. The summed E-state index contributed by atoms with van der Waals surface area (Å²) in [4.78, 5) is 16.8. The number of amides is 1. The Labute approximate surface area is 116 Å². The van der Waals surface area contributed by atoms with Crippen LogP contribution in [-0.4, -0.2) is 28.6 Å². The Bertz CT molecular complexity index is 660. The fraction of sp³-hybridized carbons (Fsp3) is 0.500. The molecule has 0 spiro atoms. The van der Waals surface area contributed by atoms with E-state index >= 15 is 0 Å². The average molecular weight is 274 g/mol. The van der Waals surface area contributed by atoms with Crippen LogP contribution < -0.4 is 11.1 Å². The van der Waals surface area contributed by atoms with Crippen molar-refractivity contribution in [2.45, 2.75) is 32.7 Å². The molecule has 0 aromatic carbocycles. The molecule has 1 fully saturated rings. The number of carbonyl (C=O) groups is 1. The summed E-state index contributed by atoms with van der Waals surface area (Å²) in [7, 11) is 0. The SMILES string of the molecule is Cc1cc(C(=O)NC(CN)C2CC2)c2c(C)noc2n1. The van der Waals surface area contributed by atoms with Gasteiger partial charge in [-0.05, 0) is 38.7 Å². The molecule has 1 atom stereocenters. The summed E-state index contributed by atoms with van der Waals surface area (Å²) in [5, 5.41) is 7.58. The van der Waals surface area contributed by atoms with E-state index in [1.54, 1.807) is 13.0 Å². The Hall–Kier alpha value is -1.95. The van der Waals surface area contributed by atoms with Crippen LogP contribution >= 0.6 is 0 Å². The Morgan fingerprint density at radius 2 is 2.30 bits per heavy atom. The number of pyridine rings is 1. The van der Waals surface area contributed by atoms with Crippen molar-refractivity contribution in [2.75, 3.05) is 6.54 Å². The largest absolute Gasteiger partial charge is 0.348 e. The first-order valence-electron chi connectivity index (χ1n) is 6.84. The van der Waals surface area contributed by atoms with E-state index in [4.69, 9.17) is 10.3 Å². The highest BCUT2D eigenvalue weighted by molar-refractivity contribution is 6.06. The van der Waals surface area contributed by atoms with Gasteiger partial charge < -0.3 is 15.6 Å². The zero-order valence-corrected chi connectivity index (χ0v) is 11.6. The molecule has 6 nitrogen and oxygen atoms in total. The average Bonchev–Trinajstić information content (AvgIpc) is 3.20. The molecule has 3 N–H and O–H groups in total. The predicted molar refractivity (Wildman–Crippen MR) is 74.3 cm³/mol. The van der Waals surface area contributed by atoms with Crippen LogP contribution in [0.2, 0.25) is 0 Å². The number of rotatable bonds is 4. The fourth-order valence-electron chi connectivity index (χ4n) is 2.51. The normalized spacial score (nSPS) is 16.4. The number of nitrogens with one attached hydrogen (secondary N) is 1. The molecule has 0 bridgehead atoms. The third kappa shape index (κ3) is 2.27. The lowest BCUT2D eigenvalue weighted by Gasteiger charge is -2.16. The zero-order chi connectivity index (χ0) is 14.3. The number of hydrogen-bond acceptors (Lipinski definition) is 5. The maximum atomic E-state index is 12.5. The van der Waals surface area contributed by atoms with Gasteiger partial charge in [-0.1, -0.05) is 5.16 Å². The van der Waals surface area contributed by atoms with Gasteiger partial charge in [0.2, 0.25) is 0 Å². The predicted octanol–water partition coefficient (Wildman–Crippen LogP) is 1.31. The van der Waals surface area contributed by atoms with E-state index in [9.17, 15) is 4.79 Å². The molecule has 20 heavy (non-hydrogen) atoms. The van der Waals surface area contributed by atoms with Crippen LogP contribution in [0.15, 0.2) is 10.6 Å². The number of fused-ring (bicyclic) bond motifs is 1. The minimum Gasteiger partial charge on any atom is -0.348 e. The minimum absolute atomic E-state index is 0.0474. The molecule has 1 amide bonds. The molecule has 106 valence electrons. The molecule has 0 radical (unpaired) electrons. The highest BCUT2D eigenvalue weighted by Crippen LogP contribution is 2.32. The molecule has 1 saturated carbocycles. The molecule has 1 unspecified atom stereocenters. The van der Waals surface area contributed by atoms with Crippen molar-refractivity contribution >= 4 is 17.0 Å². The summed E-state index contributed by atoms with van der Waals surface area (Å²) < 4.78 is 5.15. The fourth-order valence-corrected chi connectivity index (χ4v) is 2.51. The molecule has 6 heteroatoms. The molecule has 1 aliphatic carbocycles. The number of aromatic nitrogens is 2. The Kier molecular flexibility index (Phi) is 3.17. The molecule has 2 aromatic heterocycles. The third-order valence-electron chi connectivity index (χ3n) is 3.75. The van der Waals surface area contributed by atoms with Crippen molar-refractivity contribution in [2.24, 2.45) is 11.7 Å². The van der Waals surface area contributed by atoms with E-state index in [1.165, 1.54) is 0 Å². The molecule has 0 saturated heterocycles. The molecule has 2 heterocycles. The molecular formula is C14H18N4O2. The van der Waals surface area contributed by atoms with Gasteiger partial charge >= 0.3 is 0 Å². The third-order valence-corrected chi connectivity index (χ3v) is 3.75. The molecule has 0 aliphatic heterocycles. The van der Waals surface area contributed by atoms with Crippen molar-refractivity contribution in [3.05, 3.63) is 23.0 Å². The Balaban J connectivity index is 1.95. The van der Waals surface area contributed by atoms with Crippen LogP contribution in [0.4, 0.5) is 0 Å². The summed E-state index contributed by atoms with van der Waals surface area (Å²) in [6.45, 7) is 4.10. The molecule has 3 rings (SSSR count). The van der Waals surface area contributed by atoms with Gasteiger partial charge in [0.1, 0.15) is 0 Å². The second-order valence-corrected chi connectivity index (χ2v) is 5.41. The van der Waals surface area contributed by atoms with Crippen molar-refractivity contribution in [3.63, 3.8) is 0 Å². The maximum absolute atomic E-state index is 12.5. The van der Waals surface area contributed by atoms with Gasteiger partial charge in [-0.15, -0.1) is 0 Å². The zero-order valence-electron chi connectivity index (χ0n) is 11.6. The molecular weight excluding hydrogens is 256 g/mol. The Morgan fingerprint density at radius 1 is 1.55 bits per heavy atom. The van der Waals surface area contributed by atoms with Crippen LogP contribution in [0.5, 0.6) is 0 Å². The van der Waals surface area contributed by atoms with Crippen LogP contribution in [0, 0.1) is 19.8 Å². The van der Waals surface area contributed by atoms with Crippen LogP contribution in [0.25, 0.3) is 11.1 Å². The van der Waals surface area contributed by atoms with Crippen LogP contribution in [-0.2, 0) is 0 Å². The van der Waals surface area contributed by atoms with Gasteiger partial charge in [-0.2, -0.15) is 0 Å². The summed E-state index contributed by atoms with van der Waals surface area (Å²) >= 11 is 0. The first-order chi connectivity index (χ1) is 9.60. The lowest BCUT2D eigenvalue weighted by molar-refractivity contribution is 0.0935. The summed E-state index contributed by atoms with van der Waals surface area (Å²) in [5.41, 5.74) is 8.11. The first kappa shape index (κ1) is 13.1. The maximum Gasteiger partial charge on any atom is 0.258 e. The smallest absolute Gasteiger partial charge is 0.258 e. The summed E-state index contributed by atoms with van der Waals surface area (Å²) in [6.07, 6.45) is 2.28. The second kappa shape index (κ2) is 4.86. The number of aryl methyl sites for hydroxylation is 2. The van der Waals surface area contributed by atoms with E-state index in [-0.39, 0.29) is 11.9 Å². The highest BCUT2D eigenvalue weighted by atomic mass is 16.5. The van der Waals surface area contributed by atoms with Gasteiger partial charge in [0.25, 0.3) is 11.6 Å². The quantitative estimate of drug-likeness (QED) is 0.876. The molecule has 2 aromatic rings. The van der Waals surface area contributed by atoms with E-state index < -0.39 is 0 Å². The van der Waals surface area contributed by atoms with Crippen molar-refractivity contribution in [1.82, 2.24) is 15.5 Å². The van der Waals surface area contributed by atoms with E-state index in [0.717, 1.165) is 18.5 Å². The van der Waals surface area contributed by atoms with Gasteiger partial charge in [-0.25, -0.2) is 4.98 Å². The lowest BCUT2D eigenvalue weighted by Crippen LogP contribution is -2.41. The highest BCUT2D eigenvalue weighted by Gasteiger charge is 2.32. The standard InChI is InChI=1S/C14H18N4O2/c1-7-5-10(12-8(2)18-20-14(12)16-7)13(19)17-11(6-15)9-3-4-9/h5,9,11H,3-4,6,15H2,1-2H3,(H,17,19). The van der Waals surface area contributed by atoms with Gasteiger partial charge in [0, 0.05) is 18.3 Å². The summed E-state index contributed by atoms with van der Waals surface area (Å²) in [6, 6.07) is 1.81. The van der Waals surface area contributed by atoms with Gasteiger partial charge in [0.05, 0.1) is 16.6 Å². The number of carbonyl (C=O) groups excluding carboxylic acids is 1. The number of nitrogens with zero attached hydrogens (tertiary/aromatic N) is 2. The van der Waals surface area contributed by atoms with Crippen molar-refractivity contribution in [3.8, 4) is 0 Å². The first-order valence-corrected chi connectivity index (χ1v) is 6.84. The van der Waals surface area contributed by atoms with Gasteiger partial charge in [0.15, 0.2) is 0 Å². The van der Waals surface area contributed by atoms with Gasteiger partial charge in [-0.3, -0.25) is 4.79 Å². The monoisotopic (exact) mass is 274 g/mol. The minimum atomic E-state index is -0.130.